The fourth-order valence-electron chi connectivity index (χ4n) is 1.91. The third-order valence-electron chi connectivity index (χ3n) is 3.11. The number of nitrogen functional groups attached to an aromatic ring is 1. The van der Waals surface area contributed by atoms with Gasteiger partial charge >= 0.3 is 0 Å². The van der Waals surface area contributed by atoms with Crippen LogP contribution in [-0.4, -0.2) is 11.2 Å². The largest absolute Gasteiger partial charge is 0.325 e. The van der Waals surface area contributed by atoms with E-state index in [1.54, 1.807) is 25.1 Å². The minimum absolute atomic E-state index is 0.137. The number of amides is 1. The van der Waals surface area contributed by atoms with E-state index < -0.39 is 5.25 Å². The average Bonchev–Trinajstić information content (AvgIpc) is 2.54. The molecule has 25 heavy (non-hydrogen) atoms. The van der Waals surface area contributed by atoms with Crippen molar-refractivity contribution in [3.63, 3.8) is 0 Å². The lowest BCUT2D eigenvalue weighted by Gasteiger charge is -2.12. The number of thioether (sulfide) groups is 1. The summed E-state index contributed by atoms with van der Waals surface area (Å²) in [7, 11) is 0. The highest BCUT2D eigenvalue weighted by atomic mass is 35.5. The maximum Gasteiger partial charge on any atom is 0.289 e. The first-order valence-corrected chi connectivity index (χ1v) is 8.57. The van der Waals surface area contributed by atoms with E-state index in [1.807, 2.05) is 12.1 Å². The highest BCUT2D eigenvalue weighted by Gasteiger charge is 2.21. The maximum atomic E-state index is 12.3. The molecule has 2 rings (SSSR count). The Labute approximate surface area is 158 Å². The van der Waals surface area contributed by atoms with Crippen LogP contribution in [0.25, 0.3) is 0 Å². The number of nitrogens with zero attached hydrogens (tertiary/aromatic N) is 2. The Balaban J connectivity index is 2.18. The van der Waals surface area contributed by atoms with Crippen LogP contribution in [0.4, 0.5) is 11.5 Å². The van der Waals surface area contributed by atoms with E-state index in [0.717, 1.165) is 11.8 Å². The Morgan fingerprint density at radius 3 is 2.36 bits per heavy atom. The van der Waals surface area contributed by atoms with Crippen molar-refractivity contribution in [1.29, 1.82) is 10.5 Å². The molecule has 1 aromatic heterocycles. The summed E-state index contributed by atoms with van der Waals surface area (Å²) in [5, 5.41) is 21.6. The number of pyridine rings is 1. The van der Waals surface area contributed by atoms with Crippen LogP contribution in [0, 0.1) is 22.7 Å². The predicted octanol–water partition coefficient (Wildman–Crippen LogP) is 3.25. The van der Waals surface area contributed by atoms with Gasteiger partial charge in [-0.15, -0.1) is 0 Å². The van der Waals surface area contributed by atoms with Gasteiger partial charge in [-0.3, -0.25) is 10.5 Å². The molecule has 0 aliphatic carbocycles. The normalized spacial score (nSPS) is 11.2. The highest BCUT2D eigenvalue weighted by Crippen LogP contribution is 2.27. The SMILES string of the molecule is C[C@H](Sc1[nH+]c(N)c(C#N)cc1C#N)C(=O)Nc1cc(Cl)cc(Cl)c1. The number of carbonyl (C=O) groups is 1. The third-order valence-corrected chi connectivity index (χ3v) is 4.67. The molecular weight excluding hydrogens is 381 g/mol. The van der Waals surface area contributed by atoms with Crippen LogP contribution < -0.4 is 16.0 Å². The number of benzene rings is 1. The second-order valence-corrected chi connectivity index (χ2v) is 7.19. The highest BCUT2D eigenvalue weighted by molar-refractivity contribution is 8.00. The number of anilines is 2. The Morgan fingerprint density at radius 2 is 1.80 bits per heavy atom. The number of nitrogens with two attached hydrogens (primary N) is 1. The van der Waals surface area contributed by atoms with Crippen LogP contribution >= 0.6 is 35.0 Å². The summed E-state index contributed by atoms with van der Waals surface area (Å²) >= 11 is 12.9. The van der Waals surface area contributed by atoms with Crippen molar-refractivity contribution < 1.29 is 9.78 Å². The Morgan fingerprint density at radius 1 is 1.20 bits per heavy atom. The predicted molar refractivity (Wildman–Crippen MR) is 97.3 cm³/mol. The summed E-state index contributed by atoms with van der Waals surface area (Å²) in [6.07, 6.45) is 0. The van der Waals surface area contributed by atoms with Crippen LogP contribution in [-0.2, 0) is 4.79 Å². The van der Waals surface area contributed by atoms with E-state index in [2.05, 4.69) is 10.3 Å². The first-order chi connectivity index (χ1) is 11.8. The average molecular weight is 393 g/mol. The molecule has 0 saturated carbocycles. The number of aromatic amines is 1. The molecule has 0 bridgehead atoms. The minimum Gasteiger partial charge on any atom is -0.325 e. The molecule has 1 atom stereocenters. The molecule has 0 aliphatic rings. The molecule has 0 aliphatic heterocycles. The van der Waals surface area contributed by atoms with Gasteiger partial charge in [0, 0.05) is 15.7 Å². The lowest BCUT2D eigenvalue weighted by atomic mass is 10.2. The summed E-state index contributed by atoms with van der Waals surface area (Å²) in [5.74, 6) is -0.165. The van der Waals surface area contributed by atoms with Gasteiger partial charge in [0.25, 0.3) is 5.82 Å². The molecule has 126 valence electrons. The lowest BCUT2D eigenvalue weighted by Crippen LogP contribution is -2.25. The van der Waals surface area contributed by atoms with Crippen molar-refractivity contribution in [2.75, 3.05) is 11.1 Å². The number of halogens is 2. The number of nitriles is 2. The summed E-state index contributed by atoms with van der Waals surface area (Å²) in [6.45, 7) is 1.68. The molecule has 1 heterocycles. The van der Waals surface area contributed by atoms with Crippen molar-refractivity contribution >= 4 is 52.4 Å². The number of hydrogen-bond donors (Lipinski definition) is 2. The van der Waals surface area contributed by atoms with Crippen LogP contribution in [0.1, 0.15) is 18.1 Å². The van der Waals surface area contributed by atoms with Gasteiger partial charge in [0.05, 0.1) is 5.25 Å². The van der Waals surface area contributed by atoms with Crippen LogP contribution in [0.2, 0.25) is 10.0 Å². The van der Waals surface area contributed by atoms with Crippen molar-refractivity contribution in [3.8, 4) is 12.1 Å². The fraction of sp³-hybridized carbons (Fsp3) is 0.125. The van der Waals surface area contributed by atoms with Crippen LogP contribution in [0.5, 0.6) is 0 Å². The van der Waals surface area contributed by atoms with Gasteiger partial charge in [0.15, 0.2) is 5.03 Å². The molecule has 9 heteroatoms. The third kappa shape index (κ3) is 4.77. The van der Waals surface area contributed by atoms with Crippen molar-refractivity contribution in [3.05, 3.63) is 45.4 Å². The standard InChI is InChI=1S/C16H11Cl2N5OS/c1-8(15(24)22-13-4-11(17)3-12(18)5-13)25-16-10(7-20)2-9(6-19)14(21)23-16/h2-5,8H,1H3,(H2,21,23)(H,22,24)/p+1/t8-/m0/s1. The number of aromatic nitrogens is 1. The van der Waals surface area contributed by atoms with Crippen molar-refractivity contribution in [2.45, 2.75) is 17.2 Å². The maximum absolute atomic E-state index is 12.3. The molecule has 4 N–H and O–H groups in total. The molecule has 1 aromatic carbocycles. The number of rotatable bonds is 4. The molecule has 2 aromatic rings. The first-order valence-electron chi connectivity index (χ1n) is 6.93. The number of nitrogens with one attached hydrogen (secondary N) is 2. The van der Waals surface area contributed by atoms with E-state index in [0.29, 0.717) is 20.8 Å². The minimum atomic E-state index is -0.548. The van der Waals surface area contributed by atoms with Gasteiger partial charge in [0.1, 0.15) is 23.3 Å². The number of H-pyrrole nitrogens is 1. The molecule has 0 spiro atoms. The van der Waals surface area contributed by atoms with Gasteiger partial charge in [-0.1, -0.05) is 35.0 Å². The molecule has 0 unspecified atom stereocenters. The van der Waals surface area contributed by atoms with E-state index >= 15 is 0 Å². The van der Waals surface area contributed by atoms with E-state index in [9.17, 15) is 10.1 Å². The molecule has 6 nitrogen and oxygen atoms in total. The first kappa shape index (κ1) is 18.9. The van der Waals surface area contributed by atoms with Gasteiger partial charge in [0.2, 0.25) is 5.91 Å². The Bertz CT molecular complexity index is 900. The van der Waals surface area contributed by atoms with Gasteiger partial charge in [-0.05, 0) is 31.2 Å². The van der Waals surface area contributed by atoms with E-state index in [-0.39, 0.29) is 22.9 Å². The quantitative estimate of drug-likeness (QED) is 0.774. The molecule has 0 fully saturated rings. The summed E-state index contributed by atoms with van der Waals surface area (Å²) in [6, 6.07) is 9.98. The van der Waals surface area contributed by atoms with E-state index in [1.165, 1.54) is 6.07 Å². The zero-order valence-corrected chi connectivity index (χ0v) is 15.3. The Hall–Kier alpha value is -2.45. The number of hydrogen-bond acceptors (Lipinski definition) is 5. The van der Waals surface area contributed by atoms with Gasteiger partial charge in [-0.25, -0.2) is 4.98 Å². The van der Waals surface area contributed by atoms with Crippen molar-refractivity contribution in [1.82, 2.24) is 0 Å². The van der Waals surface area contributed by atoms with Crippen LogP contribution in [0.15, 0.2) is 29.3 Å². The number of carbonyl (C=O) groups excluding carboxylic acids is 1. The smallest absolute Gasteiger partial charge is 0.289 e. The molecule has 0 saturated heterocycles. The monoisotopic (exact) mass is 392 g/mol. The summed E-state index contributed by atoms with van der Waals surface area (Å²) in [4.78, 5) is 15.1. The summed E-state index contributed by atoms with van der Waals surface area (Å²) in [5.41, 5.74) is 6.61. The van der Waals surface area contributed by atoms with Crippen LogP contribution in [0.3, 0.4) is 0 Å². The van der Waals surface area contributed by atoms with Crippen molar-refractivity contribution in [2.24, 2.45) is 0 Å². The zero-order chi connectivity index (χ0) is 18.6. The molecule has 1 amide bonds. The summed E-state index contributed by atoms with van der Waals surface area (Å²) < 4.78 is 0. The molecular formula is C16H12Cl2N5OS+. The molecule has 0 radical (unpaired) electrons. The zero-order valence-electron chi connectivity index (χ0n) is 12.9. The Kier molecular flexibility index (Phi) is 6.11. The topological polar surface area (TPSA) is 117 Å². The second-order valence-electron chi connectivity index (χ2n) is 4.97. The fourth-order valence-corrected chi connectivity index (χ4v) is 3.36. The second kappa shape index (κ2) is 8.09. The van der Waals surface area contributed by atoms with E-state index in [4.69, 9.17) is 34.2 Å². The van der Waals surface area contributed by atoms with Gasteiger partial charge < -0.3 is 5.32 Å². The lowest BCUT2D eigenvalue weighted by molar-refractivity contribution is -0.410. The van der Waals surface area contributed by atoms with Gasteiger partial charge in [-0.2, -0.15) is 10.5 Å².